The van der Waals surface area contributed by atoms with E-state index in [9.17, 15) is 4.79 Å². The van der Waals surface area contributed by atoms with Gasteiger partial charge in [0.15, 0.2) is 0 Å². The van der Waals surface area contributed by atoms with Crippen LogP contribution in [0.2, 0.25) is 0 Å². The van der Waals surface area contributed by atoms with E-state index in [0.717, 1.165) is 44.7 Å². The van der Waals surface area contributed by atoms with Crippen LogP contribution in [0.1, 0.15) is 58.6 Å². The van der Waals surface area contributed by atoms with Crippen molar-refractivity contribution in [2.45, 2.75) is 88.6 Å². The molecule has 6 aliphatic rings. The van der Waals surface area contributed by atoms with E-state index < -0.39 is 0 Å². The van der Waals surface area contributed by atoms with E-state index >= 15 is 0 Å². The maximum atomic E-state index is 13.1. The van der Waals surface area contributed by atoms with Gasteiger partial charge in [0.1, 0.15) is 5.84 Å². The van der Waals surface area contributed by atoms with Crippen molar-refractivity contribution in [2.24, 2.45) is 16.8 Å². The Kier molecular flexibility index (Phi) is 5.76. The van der Waals surface area contributed by atoms with Gasteiger partial charge in [0.25, 0.3) is 0 Å². The second-order valence-electron chi connectivity index (χ2n) is 14.7. The Balaban J connectivity index is 1.37. The molecule has 0 aliphatic carbocycles. The molecule has 6 heterocycles. The summed E-state index contributed by atoms with van der Waals surface area (Å²) in [6, 6.07) is 19.5. The first-order chi connectivity index (χ1) is 20.2. The van der Waals surface area contributed by atoms with Crippen molar-refractivity contribution < 1.29 is 4.79 Å². The molecule has 1 amide bonds. The van der Waals surface area contributed by atoms with Crippen molar-refractivity contribution in [1.82, 2.24) is 19.6 Å². The topological polar surface area (TPSA) is 54.4 Å². The molecule has 0 radical (unpaired) electrons. The predicted molar refractivity (Wildman–Crippen MR) is 168 cm³/mol. The van der Waals surface area contributed by atoms with Gasteiger partial charge in [0.2, 0.25) is 5.91 Å². The van der Waals surface area contributed by atoms with E-state index in [-0.39, 0.29) is 35.0 Å². The van der Waals surface area contributed by atoms with Crippen LogP contribution < -0.4 is 5.32 Å². The zero-order chi connectivity index (χ0) is 29.1. The van der Waals surface area contributed by atoms with Crippen LogP contribution in [0.15, 0.2) is 53.5 Å². The van der Waals surface area contributed by atoms with Gasteiger partial charge in [-0.2, -0.15) is 0 Å². The lowest BCUT2D eigenvalue weighted by atomic mass is 9.47. The normalized spacial score (nSPS) is 36.8. The number of carbonyl (C=O) groups is 1. The lowest BCUT2D eigenvalue weighted by Gasteiger charge is -2.68. The molecule has 7 atom stereocenters. The Hall–Kier alpha value is -2.90. The molecule has 3 unspecified atom stereocenters. The van der Waals surface area contributed by atoms with Gasteiger partial charge >= 0.3 is 0 Å². The van der Waals surface area contributed by atoms with Crippen LogP contribution >= 0.6 is 0 Å². The van der Waals surface area contributed by atoms with Crippen LogP contribution in [-0.4, -0.2) is 94.9 Å². The van der Waals surface area contributed by atoms with Crippen LogP contribution in [0.25, 0.3) is 0 Å². The van der Waals surface area contributed by atoms with Gasteiger partial charge in [-0.25, -0.2) is 4.99 Å². The average Bonchev–Trinajstić information content (AvgIpc) is 3.47. The number of para-hydroxylation sites is 2. The molecule has 0 bridgehead atoms. The van der Waals surface area contributed by atoms with E-state index in [4.69, 9.17) is 4.99 Å². The minimum atomic E-state index is -0.225. The van der Waals surface area contributed by atoms with Crippen LogP contribution in [0.3, 0.4) is 0 Å². The molecule has 4 fully saturated rings. The Morgan fingerprint density at radius 2 is 1.60 bits per heavy atom. The van der Waals surface area contributed by atoms with Crippen molar-refractivity contribution in [1.29, 1.82) is 0 Å². The number of hydrogen-bond acceptors (Lipinski definition) is 6. The number of carbonyl (C=O) groups excluding carboxylic acids is 1. The molecule has 2 spiro atoms. The highest BCUT2D eigenvalue weighted by molar-refractivity contribution is 6.04. The number of amidine groups is 1. The predicted octanol–water partition coefficient (Wildman–Crippen LogP) is 4.66. The fourth-order valence-electron chi connectivity index (χ4n) is 10.3. The van der Waals surface area contributed by atoms with Crippen molar-refractivity contribution in [3.63, 3.8) is 0 Å². The second-order valence-corrected chi connectivity index (χ2v) is 14.7. The molecular formula is C35H46N6O. The van der Waals surface area contributed by atoms with Crippen LogP contribution in [0.4, 0.5) is 11.4 Å². The summed E-state index contributed by atoms with van der Waals surface area (Å²) in [5, 5.41) is 4.15. The molecule has 4 saturated heterocycles. The molecule has 42 heavy (non-hydrogen) atoms. The largest absolute Gasteiger partial charge is 0.369 e. The first kappa shape index (κ1) is 26.7. The zero-order valence-electron chi connectivity index (χ0n) is 26.0. The molecule has 1 N–H and O–H groups in total. The van der Waals surface area contributed by atoms with E-state index in [0.29, 0.717) is 23.9 Å². The van der Waals surface area contributed by atoms with Crippen molar-refractivity contribution in [2.75, 3.05) is 38.5 Å². The lowest BCUT2D eigenvalue weighted by Crippen LogP contribution is -2.81. The molecule has 222 valence electrons. The van der Waals surface area contributed by atoms with Gasteiger partial charge < -0.3 is 20.0 Å². The summed E-state index contributed by atoms with van der Waals surface area (Å²) >= 11 is 0. The van der Waals surface area contributed by atoms with Gasteiger partial charge in [-0.3, -0.25) is 9.69 Å². The number of anilines is 1. The number of piperidine rings is 2. The molecule has 6 aliphatic heterocycles. The third-order valence-electron chi connectivity index (χ3n) is 12.1. The number of piperazine rings is 2. The van der Waals surface area contributed by atoms with Crippen LogP contribution in [0, 0.1) is 11.8 Å². The summed E-state index contributed by atoms with van der Waals surface area (Å²) in [6.07, 6.45) is 2.25. The molecule has 2 aromatic carbocycles. The second kappa shape index (κ2) is 9.06. The molecule has 8 rings (SSSR count). The molecule has 0 aromatic heterocycles. The minimum absolute atomic E-state index is 0.177. The first-order valence-corrected chi connectivity index (χ1v) is 16.2. The van der Waals surface area contributed by atoms with Gasteiger partial charge in [-0.15, -0.1) is 0 Å². The molecule has 0 saturated carbocycles. The highest BCUT2D eigenvalue weighted by Gasteiger charge is 2.74. The summed E-state index contributed by atoms with van der Waals surface area (Å²) in [7, 11) is 2.33. The average molecular weight is 567 g/mol. The maximum Gasteiger partial charge on any atom is 0.219 e. The molecule has 2 aromatic rings. The number of fused-ring (bicyclic) bond motifs is 6. The van der Waals surface area contributed by atoms with Gasteiger partial charge in [-0.1, -0.05) is 64.1 Å². The molecule has 7 heteroatoms. The van der Waals surface area contributed by atoms with Gasteiger partial charge in [0.05, 0.1) is 23.3 Å². The fraction of sp³-hybridized carbons (Fsp3) is 0.600. The summed E-state index contributed by atoms with van der Waals surface area (Å²) < 4.78 is 0. The van der Waals surface area contributed by atoms with Crippen molar-refractivity contribution >= 4 is 23.1 Å². The third-order valence-corrected chi connectivity index (χ3v) is 12.1. The zero-order valence-corrected chi connectivity index (χ0v) is 26.0. The Bertz CT molecular complexity index is 1470. The third kappa shape index (κ3) is 3.24. The summed E-state index contributed by atoms with van der Waals surface area (Å²) in [6.45, 7) is 14.8. The first-order valence-electron chi connectivity index (χ1n) is 16.2. The summed E-state index contributed by atoms with van der Waals surface area (Å²) in [4.78, 5) is 29.0. The lowest BCUT2D eigenvalue weighted by molar-refractivity contribution is -0.138. The van der Waals surface area contributed by atoms with Crippen molar-refractivity contribution in [3.05, 3.63) is 59.7 Å². The summed E-state index contributed by atoms with van der Waals surface area (Å²) in [5.41, 5.74) is 4.86. The smallest absolute Gasteiger partial charge is 0.219 e. The number of nitrogens with zero attached hydrogens (tertiary/aromatic N) is 5. The number of aliphatic imine (C=N–C) groups is 1. The number of nitrogens with one attached hydrogen (secondary N) is 1. The highest BCUT2D eigenvalue weighted by atomic mass is 16.2. The van der Waals surface area contributed by atoms with E-state index in [1.54, 1.807) is 6.92 Å². The molecular weight excluding hydrogens is 520 g/mol. The molecule has 7 nitrogen and oxygen atoms in total. The van der Waals surface area contributed by atoms with E-state index in [1.807, 2.05) is 0 Å². The monoisotopic (exact) mass is 566 g/mol. The number of hydrogen-bond donors (Lipinski definition) is 1. The summed E-state index contributed by atoms with van der Waals surface area (Å²) in [5.74, 6) is 2.44. The van der Waals surface area contributed by atoms with Crippen LogP contribution in [0.5, 0.6) is 0 Å². The number of benzene rings is 2. The Labute approximate surface area is 250 Å². The minimum Gasteiger partial charge on any atom is -0.369 e. The quantitative estimate of drug-likeness (QED) is 0.573. The Morgan fingerprint density at radius 1 is 0.881 bits per heavy atom. The van der Waals surface area contributed by atoms with Crippen LogP contribution in [-0.2, 0) is 15.6 Å². The van der Waals surface area contributed by atoms with E-state index in [2.05, 4.69) is 108 Å². The number of likely N-dealkylation sites (N-methyl/N-ethyl adjacent to an activating group) is 1. The highest BCUT2D eigenvalue weighted by Crippen LogP contribution is 2.68. The fourth-order valence-corrected chi connectivity index (χ4v) is 10.3. The standard InChI is InChI=1S/C35H46N6O/c1-21(2)30-19-40-24(17-38(30)6)15-34-26-11-7-9-13-28(26)37-33(34)41-20-31(22(3)4)39(23(5)42)18-25(41)16-35(34)27-12-8-10-14-29(27)36-32(35)40/h7-14,21-22,24-25,30-32,36H,15-20H2,1-6H3/t24?,25-,30+,31+,32+,34?,35?/m0/s1. The Morgan fingerprint density at radius 3 is 2.33 bits per heavy atom. The number of rotatable bonds is 2. The SMILES string of the molecule is CC(=O)N1C[C@@H]2CC34c5ccccc5N[C@@H]3N3C[C@H](C(C)C)N(C)CC3CC43C(=Nc4ccccc43)N2C[C@@H]1C(C)C. The van der Waals surface area contributed by atoms with Gasteiger partial charge in [-0.05, 0) is 55.0 Å². The number of amides is 1. The van der Waals surface area contributed by atoms with Gasteiger partial charge in [0, 0.05) is 62.3 Å². The maximum absolute atomic E-state index is 13.1. The van der Waals surface area contributed by atoms with Crippen molar-refractivity contribution in [3.8, 4) is 0 Å². The van der Waals surface area contributed by atoms with E-state index in [1.165, 1.54) is 22.6 Å².